The lowest BCUT2D eigenvalue weighted by Crippen LogP contribution is -1.83. The third kappa shape index (κ3) is 1.74. The van der Waals surface area contributed by atoms with Crippen molar-refractivity contribution >= 4 is 10.9 Å². The molecule has 0 aliphatic heterocycles. The Labute approximate surface area is 83.6 Å². The van der Waals surface area contributed by atoms with Gasteiger partial charge >= 0.3 is 0 Å². The lowest BCUT2D eigenvalue weighted by Gasteiger charge is -1.99. The Kier molecular flexibility index (Phi) is 2.44. The van der Waals surface area contributed by atoms with E-state index in [4.69, 9.17) is 0 Å². The molecule has 0 saturated carbocycles. The molecule has 0 fully saturated rings. The van der Waals surface area contributed by atoms with Gasteiger partial charge in [0, 0.05) is 17.0 Å². The Hall–Kier alpha value is -1.44. The van der Waals surface area contributed by atoms with Crippen LogP contribution in [0.1, 0.15) is 25.3 Å². The Balaban J connectivity index is 2.31. The third-order valence-electron chi connectivity index (χ3n) is 2.49. The van der Waals surface area contributed by atoms with Crippen molar-refractivity contribution in [2.45, 2.75) is 26.2 Å². The van der Waals surface area contributed by atoms with Crippen molar-refractivity contribution in [3.05, 3.63) is 29.8 Å². The molecule has 0 amide bonds. The number of aryl methyl sites for hydroxylation is 1. The maximum Gasteiger partial charge on any atom is 0.189 e. The zero-order valence-corrected chi connectivity index (χ0v) is 8.38. The molecule has 2 rings (SSSR count). The zero-order valence-electron chi connectivity index (χ0n) is 8.38. The molecule has 0 aliphatic rings. The average molecular weight is 189 g/mol. The second kappa shape index (κ2) is 3.74. The van der Waals surface area contributed by atoms with Gasteiger partial charge in [0.05, 0.1) is 0 Å². The smallest absolute Gasteiger partial charge is 0.189 e. The van der Waals surface area contributed by atoms with Crippen LogP contribution >= 0.6 is 0 Å². The summed E-state index contributed by atoms with van der Waals surface area (Å²) in [6, 6.07) is 8.06. The molecule has 0 unspecified atom stereocenters. The van der Waals surface area contributed by atoms with Crippen molar-refractivity contribution < 1.29 is 5.11 Å². The van der Waals surface area contributed by atoms with Crippen molar-refractivity contribution in [1.29, 1.82) is 0 Å². The second-order valence-corrected chi connectivity index (χ2v) is 3.68. The number of aromatic nitrogens is 1. The second-order valence-electron chi connectivity index (χ2n) is 3.68. The molecule has 0 radical (unpaired) electrons. The van der Waals surface area contributed by atoms with Gasteiger partial charge in [-0.15, -0.1) is 0 Å². The van der Waals surface area contributed by atoms with E-state index >= 15 is 0 Å². The predicted molar refractivity (Wildman–Crippen MR) is 58.6 cm³/mol. The number of nitrogens with one attached hydrogen (secondary N) is 1. The fourth-order valence-electron chi connectivity index (χ4n) is 1.70. The monoisotopic (exact) mass is 189 g/mol. The van der Waals surface area contributed by atoms with Crippen LogP contribution in [0.4, 0.5) is 0 Å². The maximum absolute atomic E-state index is 9.27. The van der Waals surface area contributed by atoms with Crippen LogP contribution in [0.15, 0.2) is 24.3 Å². The van der Waals surface area contributed by atoms with E-state index in [-0.39, 0.29) is 5.88 Å². The largest absolute Gasteiger partial charge is 0.495 e. The topological polar surface area (TPSA) is 36.0 Å². The SMILES string of the molecule is CCCCc1ccc2[nH]c(O)cc2c1. The van der Waals surface area contributed by atoms with Gasteiger partial charge in [-0.2, -0.15) is 0 Å². The van der Waals surface area contributed by atoms with Gasteiger partial charge in [0.15, 0.2) is 5.88 Å². The number of hydrogen-bond donors (Lipinski definition) is 2. The Morgan fingerprint density at radius 1 is 1.29 bits per heavy atom. The highest BCUT2D eigenvalue weighted by molar-refractivity contribution is 5.81. The first kappa shape index (κ1) is 9.13. The van der Waals surface area contributed by atoms with Crippen molar-refractivity contribution in [3.63, 3.8) is 0 Å². The van der Waals surface area contributed by atoms with Gasteiger partial charge in [-0.05, 0) is 30.5 Å². The van der Waals surface area contributed by atoms with Gasteiger partial charge in [0.2, 0.25) is 0 Å². The number of unbranched alkanes of at least 4 members (excludes halogenated alkanes) is 1. The van der Waals surface area contributed by atoms with Crippen LogP contribution in [0.5, 0.6) is 5.88 Å². The highest BCUT2D eigenvalue weighted by Gasteiger charge is 2.00. The summed E-state index contributed by atoms with van der Waals surface area (Å²) < 4.78 is 0. The molecule has 0 aliphatic carbocycles. The van der Waals surface area contributed by atoms with Crippen LogP contribution in [0.3, 0.4) is 0 Å². The van der Waals surface area contributed by atoms with Gasteiger partial charge in [0.1, 0.15) is 0 Å². The third-order valence-corrected chi connectivity index (χ3v) is 2.49. The maximum atomic E-state index is 9.27. The first-order chi connectivity index (χ1) is 6.79. The molecule has 0 saturated heterocycles. The zero-order chi connectivity index (χ0) is 9.97. The summed E-state index contributed by atoms with van der Waals surface area (Å²) in [6.45, 7) is 2.20. The summed E-state index contributed by atoms with van der Waals surface area (Å²) in [5, 5.41) is 10.4. The number of benzene rings is 1. The lowest BCUT2D eigenvalue weighted by molar-refractivity contribution is 0.458. The summed E-state index contributed by atoms with van der Waals surface area (Å²) >= 11 is 0. The minimum atomic E-state index is 0.243. The number of fused-ring (bicyclic) bond motifs is 1. The number of hydrogen-bond acceptors (Lipinski definition) is 1. The van der Waals surface area contributed by atoms with Gasteiger partial charge < -0.3 is 10.1 Å². The molecule has 14 heavy (non-hydrogen) atoms. The first-order valence-electron chi connectivity index (χ1n) is 5.10. The number of rotatable bonds is 3. The molecule has 0 spiro atoms. The average Bonchev–Trinajstić information content (AvgIpc) is 2.54. The minimum absolute atomic E-state index is 0.243. The van der Waals surface area contributed by atoms with E-state index in [2.05, 4.69) is 24.0 Å². The Morgan fingerprint density at radius 3 is 2.93 bits per heavy atom. The summed E-state index contributed by atoms with van der Waals surface area (Å²) in [7, 11) is 0. The van der Waals surface area contributed by atoms with Crippen LogP contribution in [-0.2, 0) is 6.42 Å². The molecule has 0 bridgehead atoms. The Bertz CT molecular complexity index is 431. The molecule has 2 aromatic rings. The summed E-state index contributed by atoms with van der Waals surface area (Å²) in [6.07, 6.45) is 3.57. The number of aromatic amines is 1. The van der Waals surface area contributed by atoms with E-state index in [1.165, 1.54) is 18.4 Å². The highest BCUT2D eigenvalue weighted by Crippen LogP contribution is 2.21. The van der Waals surface area contributed by atoms with Crippen LogP contribution in [0.2, 0.25) is 0 Å². The van der Waals surface area contributed by atoms with Crippen LogP contribution in [0, 0.1) is 0 Å². The fourth-order valence-corrected chi connectivity index (χ4v) is 1.70. The van der Waals surface area contributed by atoms with Crippen molar-refractivity contribution in [1.82, 2.24) is 4.98 Å². The molecular formula is C12H15NO. The van der Waals surface area contributed by atoms with E-state index in [0.717, 1.165) is 17.3 Å². The van der Waals surface area contributed by atoms with Crippen molar-refractivity contribution in [3.8, 4) is 5.88 Å². The van der Waals surface area contributed by atoms with Crippen molar-refractivity contribution in [2.24, 2.45) is 0 Å². The molecular weight excluding hydrogens is 174 g/mol. The van der Waals surface area contributed by atoms with Crippen molar-refractivity contribution in [2.75, 3.05) is 0 Å². The molecule has 2 N–H and O–H groups in total. The van der Waals surface area contributed by atoms with Gasteiger partial charge in [-0.25, -0.2) is 0 Å². The quantitative estimate of drug-likeness (QED) is 0.764. The molecule has 2 heteroatoms. The van der Waals surface area contributed by atoms with E-state index in [1.807, 2.05) is 6.07 Å². The Morgan fingerprint density at radius 2 is 2.14 bits per heavy atom. The summed E-state index contributed by atoms with van der Waals surface area (Å²) in [5.74, 6) is 0.243. The molecule has 1 aromatic heterocycles. The molecule has 0 atom stereocenters. The summed E-state index contributed by atoms with van der Waals surface area (Å²) in [4.78, 5) is 2.90. The molecule has 2 nitrogen and oxygen atoms in total. The number of H-pyrrole nitrogens is 1. The summed E-state index contributed by atoms with van der Waals surface area (Å²) in [5.41, 5.74) is 2.35. The van der Waals surface area contributed by atoms with Crippen LogP contribution in [0.25, 0.3) is 10.9 Å². The molecule has 1 heterocycles. The standard InChI is InChI=1S/C12H15NO/c1-2-3-4-9-5-6-11-10(7-9)8-12(14)13-11/h5-8,13-14H,2-4H2,1H3. The van der Waals surface area contributed by atoms with Gasteiger partial charge in [0.25, 0.3) is 0 Å². The predicted octanol–water partition coefficient (Wildman–Crippen LogP) is 3.22. The van der Waals surface area contributed by atoms with Crippen LogP contribution in [-0.4, -0.2) is 10.1 Å². The van der Waals surface area contributed by atoms with E-state index in [0.29, 0.717) is 0 Å². The van der Waals surface area contributed by atoms with E-state index in [9.17, 15) is 5.11 Å². The number of aromatic hydroxyl groups is 1. The van der Waals surface area contributed by atoms with E-state index in [1.54, 1.807) is 6.07 Å². The molecule has 74 valence electrons. The highest BCUT2D eigenvalue weighted by atomic mass is 16.3. The van der Waals surface area contributed by atoms with E-state index < -0.39 is 0 Å². The first-order valence-corrected chi connectivity index (χ1v) is 5.10. The fraction of sp³-hybridized carbons (Fsp3) is 0.333. The minimum Gasteiger partial charge on any atom is -0.495 e. The van der Waals surface area contributed by atoms with Gasteiger partial charge in [-0.1, -0.05) is 19.4 Å². The van der Waals surface area contributed by atoms with Gasteiger partial charge in [-0.3, -0.25) is 0 Å². The molecule has 1 aromatic carbocycles. The normalized spacial score (nSPS) is 10.9. The van der Waals surface area contributed by atoms with Crippen LogP contribution < -0.4 is 0 Å². The lowest BCUT2D eigenvalue weighted by atomic mass is 10.1.